The molecule has 1 saturated heterocycles. The summed E-state index contributed by atoms with van der Waals surface area (Å²) in [5, 5.41) is 8.88. The zero-order chi connectivity index (χ0) is 19.5. The first kappa shape index (κ1) is 18.0. The maximum Gasteiger partial charge on any atom is 0.250 e. The van der Waals surface area contributed by atoms with Crippen LogP contribution in [0.2, 0.25) is 0 Å². The minimum atomic E-state index is -0.462. The second-order valence-electron chi connectivity index (χ2n) is 7.01. The molecule has 142 valence electrons. The Morgan fingerprint density at radius 2 is 1.89 bits per heavy atom. The molecule has 1 fully saturated rings. The van der Waals surface area contributed by atoms with Crippen LogP contribution in [0.3, 0.4) is 0 Å². The molecule has 3 aromatic rings. The van der Waals surface area contributed by atoms with Crippen LogP contribution in [-0.2, 0) is 6.42 Å². The van der Waals surface area contributed by atoms with Gasteiger partial charge < -0.3 is 15.6 Å². The first-order valence-corrected chi connectivity index (χ1v) is 9.39. The number of benzene rings is 2. The van der Waals surface area contributed by atoms with Crippen molar-refractivity contribution in [2.45, 2.75) is 6.42 Å². The summed E-state index contributed by atoms with van der Waals surface area (Å²) in [5.41, 5.74) is 9.31. The number of piperazine rings is 1. The van der Waals surface area contributed by atoms with E-state index in [1.165, 1.54) is 5.56 Å². The number of amides is 1. The van der Waals surface area contributed by atoms with Crippen molar-refractivity contribution in [3.8, 4) is 6.07 Å². The van der Waals surface area contributed by atoms with Crippen molar-refractivity contribution in [2.75, 3.05) is 37.6 Å². The molecule has 0 spiro atoms. The number of anilines is 1. The van der Waals surface area contributed by atoms with Crippen molar-refractivity contribution < 1.29 is 4.79 Å². The number of rotatable bonds is 5. The Labute approximate surface area is 163 Å². The van der Waals surface area contributed by atoms with Gasteiger partial charge in [-0.2, -0.15) is 5.26 Å². The van der Waals surface area contributed by atoms with Gasteiger partial charge in [-0.25, -0.2) is 4.98 Å². The average Bonchev–Trinajstić information content (AvgIpc) is 3.17. The minimum Gasteiger partial charge on any atom is -0.366 e. The molecule has 7 heteroatoms. The molecule has 0 saturated carbocycles. The van der Waals surface area contributed by atoms with Gasteiger partial charge in [0.15, 0.2) is 0 Å². The summed E-state index contributed by atoms with van der Waals surface area (Å²) in [4.78, 5) is 24.2. The quantitative estimate of drug-likeness (QED) is 0.710. The highest BCUT2D eigenvalue weighted by Gasteiger charge is 2.20. The highest BCUT2D eigenvalue weighted by atomic mass is 16.1. The van der Waals surface area contributed by atoms with Gasteiger partial charge >= 0.3 is 0 Å². The predicted molar refractivity (Wildman–Crippen MR) is 108 cm³/mol. The van der Waals surface area contributed by atoms with Crippen LogP contribution >= 0.6 is 0 Å². The number of H-pyrrole nitrogens is 1. The van der Waals surface area contributed by atoms with Gasteiger partial charge in [0, 0.05) is 32.7 Å². The first-order chi connectivity index (χ1) is 13.6. The number of hydrogen-bond acceptors (Lipinski definition) is 5. The number of nitrogens with one attached hydrogen (secondary N) is 1. The van der Waals surface area contributed by atoms with Crippen LogP contribution in [0.4, 0.5) is 5.95 Å². The highest BCUT2D eigenvalue weighted by molar-refractivity contribution is 6.04. The van der Waals surface area contributed by atoms with Gasteiger partial charge in [0.1, 0.15) is 5.52 Å². The van der Waals surface area contributed by atoms with Gasteiger partial charge in [-0.3, -0.25) is 9.69 Å². The third-order valence-corrected chi connectivity index (χ3v) is 5.24. The van der Waals surface area contributed by atoms with E-state index in [-0.39, 0.29) is 0 Å². The van der Waals surface area contributed by atoms with E-state index in [9.17, 15) is 4.79 Å². The summed E-state index contributed by atoms with van der Waals surface area (Å²) in [6.07, 6.45) is 0.971. The SMILES string of the molecule is N#Cc1ccc(CCN2CCN(c3nc4c(C(N)=O)cccc4[nH]3)CC2)cc1. The number of aromatic nitrogens is 2. The largest absolute Gasteiger partial charge is 0.366 e. The zero-order valence-corrected chi connectivity index (χ0v) is 15.6. The Morgan fingerprint density at radius 3 is 2.57 bits per heavy atom. The topological polar surface area (TPSA) is 102 Å². The zero-order valence-electron chi connectivity index (χ0n) is 15.6. The van der Waals surface area contributed by atoms with E-state index in [2.05, 4.69) is 25.8 Å². The molecule has 0 aliphatic carbocycles. The third kappa shape index (κ3) is 3.68. The lowest BCUT2D eigenvalue weighted by Crippen LogP contribution is -2.47. The summed E-state index contributed by atoms with van der Waals surface area (Å²) in [5.74, 6) is 0.326. The molecule has 3 N–H and O–H groups in total. The second-order valence-corrected chi connectivity index (χ2v) is 7.01. The van der Waals surface area contributed by atoms with Gasteiger partial charge in [-0.1, -0.05) is 18.2 Å². The lowest BCUT2D eigenvalue weighted by atomic mass is 10.1. The van der Waals surface area contributed by atoms with E-state index in [0.717, 1.165) is 50.6 Å². The number of aromatic amines is 1. The summed E-state index contributed by atoms with van der Waals surface area (Å²) in [6, 6.07) is 15.4. The van der Waals surface area contributed by atoms with Crippen molar-refractivity contribution in [3.63, 3.8) is 0 Å². The number of carbonyl (C=O) groups is 1. The number of primary amides is 1. The number of nitriles is 1. The van der Waals surface area contributed by atoms with E-state index in [0.29, 0.717) is 16.6 Å². The van der Waals surface area contributed by atoms with Crippen molar-refractivity contribution >= 4 is 22.9 Å². The normalized spacial score (nSPS) is 14.9. The molecule has 4 rings (SSSR count). The van der Waals surface area contributed by atoms with Crippen molar-refractivity contribution in [1.82, 2.24) is 14.9 Å². The van der Waals surface area contributed by atoms with Gasteiger partial charge in [0.2, 0.25) is 5.95 Å². The van der Waals surface area contributed by atoms with Crippen molar-refractivity contribution in [1.29, 1.82) is 5.26 Å². The van der Waals surface area contributed by atoms with Crippen LogP contribution in [0, 0.1) is 11.3 Å². The van der Waals surface area contributed by atoms with E-state index < -0.39 is 5.91 Å². The van der Waals surface area contributed by atoms with Crippen LogP contribution < -0.4 is 10.6 Å². The average molecular weight is 374 g/mol. The van der Waals surface area contributed by atoms with E-state index in [4.69, 9.17) is 11.0 Å². The maximum absolute atomic E-state index is 11.6. The molecule has 0 unspecified atom stereocenters. The van der Waals surface area contributed by atoms with Gasteiger partial charge in [0.05, 0.1) is 22.7 Å². The number of hydrogen-bond donors (Lipinski definition) is 2. The Bertz CT molecular complexity index is 1030. The number of nitrogens with zero attached hydrogens (tertiary/aromatic N) is 4. The molecule has 1 aliphatic rings. The molecule has 0 atom stereocenters. The lowest BCUT2D eigenvalue weighted by Gasteiger charge is -2.34. The summed E-state index contributed by atoms with van der Waals surface area (Å²) >= 11 is 0. The molecule has 0 bridgehead atoms. The Hall–Kier alpha value is -3.37. The summed E-state index contributed by atoms with van der Waals surface area (Å²) < 4.78 is 0. The second kappa shape index (κ2) is 7.71. The fraction of sp³-hybridized carbons (Fsp3) is 0.286. The molecular formula is C21H22N6O. The van der Waals surface area contributed by atoms with Gasteiger partial charge in [0.25, 0.3) is 5.91 Å². The summed E-state index contributed by atoms with van der Waals surface area (Å²) in [6.45, 7) is 4.65. The Kier molecular flexibility index (Phi) is 4.96. The van der Waals surface area contributed by atoms with E-state index >= 15 is 0 Å². The van der Waals surface area contributed by atoms with Gasteiger partial charge in [-0.15, -0.1) is 0 Å². The Morgan fingerprint density at radius 1 is 1.14 bits per heavy atom. The van der Waals surface area contributed by atoms with E-state index in [1.807, 2.05) is 36.4 Å². The molecule has 1 aliphatic heterocycles. The Balaban J connectivity index is 1.36. The number of para-hydroxylation sites is 1. The molecule has 7 nitrogen and oxygen atoms in total. The smallest absolute Gasteiger partial charge is 0.250 e. The molecule has 2 heterocycles. The third-order valence-electron chi connectivity index (χ3n) is 5.24. The van der Waals surface area contributed by atoms with Crippen LogP contribution in [0.25, 0.3) is 11.0 Å². The number of carbonyl (C=O) groups excluding carboxylic acids is 1. The fourth-order valence-electron chi connectivity index (χ4n) is 3.58. The van der Waals surface area contributed by atoms with Crippen LogP contribution in [0.5, 0.6) is 0 Å². The number of imidazole rings is 1. The summed E-state index contributed by atoms with van der Waals surface area (Å²) in [7, 11) is 0. The lowest BCUT2D eigenvalue weighted by molar-refractivity contribution is 0.100. The van der Waals surface area contributed by atoms with Crippen LogP contribution in [0.1, 0.15) is 21.5 Å². The standard InChI is InChI=1S/C21H22N6O/c22-14-16-6-4-15(5-7-16)8-9-26-10-12-27(13-11-26)21-24-18-3-1-2-17(20(23)28)19(18)25-21/h1-7H,8-13H2,(H2,23,28)(H,24,25). The maximum atomic E-state index is 11.6. The fourth-order valence-corrected chi connectivity index (χ4v) is 3.58. The molecule has 2 aromatic carbocycles. The molecule has 1 amide bonds. The first-order valence-electron chi connectivity index (χ1n) is 9.39. The molecule has 28 heavy (non-hydrogen) atoms. The van der Waals surface area contributed by atoms with Crippen molar-refractivity contribution in [2.24, 2.45) is 5.73 Å². The minimum absolute atomic E-state index is 0.445. The molecular weight excluding hydrogens is 352 g/mol. The van der Waals surface area contributed by atoms with Crippen molar-refractivity contribution in [3.05, 3.63) is 59.2 Å². The number of fused-ring (bicyclic) bond motifs is 1. The van der Waals surface area contributed by atoms with Gasteiger partial charge in [-0.05, 0) is 36.2 Å². The van der Waals surface area contributed by atoms with Crippen LogP contribution in [0.15, 0.2) is 42.5 Å². The predicted octanol–water partition coefficient (Wildman–Crippen LogP) is 1.90. The monoisotopic (exact) mass is 374 g/mol. The van der Waals surface area contributed by atoms with Crippen LogP contribution in [-0.4, -0.2) is 53.5 Å². The highest BCUT2D eigenvalue weighted by Crippen LogP contribution is 2.21. The number of nitrogens with two attached hydrogens (primary N) is 1. The van der Waals surface area contributed by atoms with E-state index in [1.54, 1.807) is 6.07 Å². The molecule has 0 radical (unpaired) electrons. The molecule has 1 aromatic heterocycles.